The molecule has 0 radical (unpaired) electrons. The van der Waals surface area contributed by atoms with Gasteiger partial charge in [0, 0.05) is 19.4 Å². The molecule has 0 aromatic carbocycles. The van der Waals surface area contributed by atoms with Gasteiger partial charge in [0.2, 0.25) is 0 Å². The van der Waals surface area contributed by atoms with E-state index in [4.69, 9.17) is 24.3 Å². The molecule has 91 heavy (non-hydrogen) atoms. The van der Waals surface area contributed by atoms with Crippen molar-refractivity contribution in [3.8, 4) is 0 Å². The molecule has 0 aliphatic heterocycles. The molecule has 0 amide bonds. The molecule has 530 valence electrons. The zero-order valence-corrected chi connectivity index (χ0v) is 60.7. The van der Waals surface area contributed by atoms with Crippen molar-refractivity contribution in [2.45, 2.75) is 392 Å². The van der Waals surface area contributed by atoms with Gasteiger partial charge in [-0.25, -0.2) is 4.57 Å². The number of ether oxygens (including phenoxy) is 2. The summed E-state index contributed by atoms with van der Waals surface area (Å²) in [5.74, 6) is -0.809. The molecule has 2 atom stereocenters. The standard InChI is InChI=1S/C81H148NO8P/c1-3-5-7-9-11-13-15-17-19-21-23-25-27-29-31-33-35-37-38-39-40-42-43-45-47-49-51-53-55-57-59-61-63-65-67-69-71-73-80(83)87-77-79(78-89-91(85,86)88-76-75-82)90-81(84)74-72-70-68-66-64-62-60-58-56-54-52-50-48-46-44-41-36-34-32-30-28-26-24-22-20-18-16-14-12-10-8-6-4-2/h6,8,12,14-15,17-18,20-21,23-24,26,30,32,79H,3-5,7,9-11,13,16,19,22,25,27-29,31,33-78,82H2,1-2H3,(H,85,86)/b8-6-,14-12-,17-15-,20-18-,23-21-,26-24-,32-30-. The molecule has 0 rings (SSSR count). The Balaban J connectivity index is 3.78. The maximum atomic E-state index is 12.8. The van der Waals surface area contributed by atoms with Crippen LogP contribution in [0.5, 0.6) is 0 Å². The Bertz CT molecular complexity index is 1770. The van der Waals surface area contributed by atoms with Gasteiger partial charge in [0.25, 0.3) is 0 Å². The number of allylic oxidation sites excluding steroid dienone is 14. The summed E-state index contributed by atoms with van der Waals surface area (Å²) in [6.07, 6.45) is 103. The highest BCUT2D eigenvalue weighted by Gasteiger charge is 2.26. The van der Waals surface area contributed by atoms with Crippen LogP contribution in [0.2, 0.25) is 0 Å². The third-order valence-corrected chi connectivity index (χ3v) is 18.2. The molecule has 0 bridgehead atoms. The molecule has 3 N–H and O–H groups in total. The van der Waals surface area contributed by atoms with Crippen LogP contribution < -0.4 is 5.73 Å². The van der Waals surface area contributed by atoms with Gasteiger partial charge in [-0.3, -0.25) is 18.6 Å². The third-order valence-electron chi connectivity index (χ3n) is 17.3. The monoisotopic (exact) mass is 1290 g/mol. The maximum Gasteiger partial charge on any atom is 0.472 e. The number of carbonyl (C=O) groups is 2. The second-order valence-electron chi connectivity index (χ2n) is 26.2. The molecule has 2 unspecified atom stereocenters. The Labute approximate surface area is 564 Å². The maximum absolute atomic E-state index is 12.8. The van der Waals surface area contributed by atoms with Crippen LogP contribution in [0.4, 0.5) is 0 Å². The molecule has 0 aromatic rings. The molecule has 0 fully saturated rings. The zero-order valence-electron chi connectivity index (χ0n) is 59.8. The van der Waals surface area contributed by atoms with Crippen LogP contribution >= 0.6 is 7.82 Å². The Morgan fingerprint density at radius 3 is 0.901 bits per heavy atom. The highest BCUT2D eigenvalue weighted by molar-refractivity contribution is 7.47. The largest absolute Gasteiger partial charge is 0.472 e. The van der Waals surface area contributed by atoms with E-state index in [1.807, 2.05) is 0 Å². The molecule has 0 heterocycles. The van der Waals surface area contributed by atoms with E-state index < -0.39 is 26.5 Å². The number of phosphoric ester groups is 1. The lowest BCUT2D eigenvalue weighted by molar-refractivity contribution is -0.161. The van der Waals surface area contributed by atoms with E-state index in [1.165, 1.54) is 276 Å². The van der Waals surface area contributed by atoms with Gasteiger partial charge in [0.05, 0.1) is 13.2 Å². The van der Waals surface area contributed by atoms with Crippen LogP contribution in [0, 0.1) is 0 Å². The number of esters is 2. The van der Waals surface area contributed by atoms with Gasteiger partial charge in [-0.15, -0.1) is 0 Å². The number of hydrogen-bond donors (Lipinski definition) is 2. The fourth-order valence-corrected chi connectivity index (χ4v) is 12.3. The minimum atomic E-state index is -4.40. The summed E-state index contributed by atoms with van der Waals surface area (Å²) in [5.41, 5.74) is 5.41. The van der Waals surface area contributed by atoms with Crippen molar-refractivity contribution in [1.29, 1.82) is 0 Å². The van der Waals surface area contributed by atoms with Gasteiger partial charge in [-0.05, 0) is 89.9 Å². The first-order valence-corrected chi connectivity index (χ1v) is 40.6. The Hall–Kier alpha value is -2.81. The van der Waals surface area contributed by atoms with Crippen LogP contribution in [0.15, 0.2) is 85.1 Å². The quantitative estimate of drug-likeness (QED) is 0.0264. The first kappa shape index (κ1) is 88.2. The number of unbranched alkanes of at least 4 members (excludes halogenated alkanes) is 47. The molecule has 0 aromatic heterocycles. The SMILES string of the molecule is CC/C=C\C/C=C\C/C=C\C/C=C\C/C=C\CCCCCCCCCCCCCCCCCCCC(=O)OC(COC(=O)CCCCCCCCCCCCCCCCCCCCCCCCCCC/C=C\C/C=C\CCCCCCC)COP(=O)(O)OCCN. The summed E-state index contributed by atoms with van der Waals surface area (Å²) in [6.45, 7) is 3.68. The minimum Gasteiger partial charge on any atom is -0.462 e. The normalized spacial score (nSPS) is 13.3. The van der Waals surface area contributed by atoms with E-state index in [9.17, 15) is 19.0 Å². The van der Waals surface area contributed by atoms with E-state index in [0.717, 1.165) is 77.0 Å². The summed E-state index contributed by atoms with van der Waals surface area (Å²) in [6, 6.07) is 0. The summed E-state index contributed by atoms with van der Waals surface area (Å²) < 4.78 is 33.3. The van der Waals surface area contributed by atoms with Gasteiger partial charge < -0.3 is 20.1 Å². The molecule has 0 spiro atoms. The topological polar surface area (TPSA) is 134 Å². The minimum absolute atomic E-state index is 0.0536. The average Bonchev–Trinajstić information content (AvgIpc) is 3.74. The van der Waals surface area contributed by atoms with E-state index >= 15 is 0 Å². The van der Waals surface area contributed by atoms with Crippen molar-refractivity contribution in [3.05, 3.63) is 85.1 Å². The fraction of sp³-hybridized carbons (Fsp3) is 0.802. The van der Waals surface area contributed by atoms with Crippen LogP contribution in [0.3, 0.4) is 0 Å². The van der Waals surface area contributed by atoms with E-state index in [1.54, 1.807) is 0 Å². The smallest absolute Gasteiger partial charge is 0.462 e. The highest BCUT2D eigenvalue weighted by atomic mass is 31.2. The zero-order chi connectivity index (χ0) is 65.8. The third kappa shape index (κ3) is 76.1. The predicted molar refractivity (Wildman–Crippen MR) is 395 cm³/mol. The Kier molecular flexibility index (Phi) is 73.9. The Morgan fingerprint density at radius 2 is 0.604 bits per heavy atom. The summed E-state index contributed by atoms with van der Waals surface area (Å²) >= 11 is 0. The van der Waals surface area contributed by atoms with E-state index in [-0.39, 0.29) is 38.6 Å². The molecule has 0 saturated carbocycles. The van der Waals surface area contributed by atoms with Crippen LogP contribution in [0.25, 0.3) is 0 Å². The van der Waals surface area contributed by atoms with Crippen molar-refractivity contribution >= 4 is 19.8 Å². The molecular weight excluding hydrogens is 1150 g/mol. The lowest BCUT2D eigenvalue weighted by Gasteiger charge is -2.19. The molecule has 9 nitrogen and oxygen atoms in total. The van der Waals surface area contributed by atoms with Gasteiger partial charge in [-0.1, -0.05) is 369 Å². The molecule has 0 aliphatic rings. The molecular formula is C81H148NO8P. The molecule has 10 heteroatoms. The number of hydrogen-bond acceptors (Lipinski definition) is 8. The van der Waals surface area contributed by atoms with Crippen molar-refractivity contribution in [3.63, 3.8) is 0 Å². The van der Waals surface area contributed by atoms with Gasteiger partial charge in [-0.2, -0.15) is 0 Å². The van der Waals surface area contributed by atoms with Gasteiger partial charge in [0.15, 0.2) is 6.10 Å². The summed E-state index contributed by atoms with van der Waals surface area (Å²) in [7, 11) is -4.40. The summed E-state index contributed by atoms with van der Waals surface area (Å²) in [4.78, 5) is 35.4. The van der Waals surface area contributed by atoms with Crippen molar-refractivity contribution < 1.29 is 37.6 Å². The lowest BCUT2D eigenvalue weighted by Crippen LogP contribution is -2.29. The summed E-state index contributed by atoms with van der Waals surface area (Å²) in [5, 5.41) is 0. The number of nitrogens with two attached hydrogens (primary N) is 1. The van der Waals surface area contributed by atoms with Crippen LogP contribution in [0.1, 0.15) is 386 Å². The predicted octanol–water partition coefficient (Wildman–Crippen LogP) is 26.1. The average molecular weight is 1300 g/mol. The number of carbonyl (C=O) groups excluding carboxylic acids is 2. The molecule has 0 saturated heterocycles. The number of rotatable bonds is 74. The van der Waals surface area contributed by atoms with Crippen molar-refractivity contribution in [2.24, 2.45) is 5.73 Å². The van der Waals surface area contributed by atoms with Crippen molar-refractivity contribution in [1.82, 2.24) is 0 Å². The second kappa shape index (κ2) is 76.2. The highest BCUT2D eigenvalue weighted by Crippen LogP contribution is 2.43. The van der Waals surface area contributed by atoms with Crippen molar-refractivity contribution in [2.75, 3.05) is 26.4 Å². The van der Waals surface area contributed by atoms with Crippen LogP contribution in [-0.2, 0) is 32.7 Å². The lowest BCUT2D eigenvalue weighted by atomic mass is 10.0. The molecule has 0 aliphatic carbocycles. The van der Waals surface area contributed by atoms with Gasteiger partial charge >= 0.3 is 19.8 Å². The number of phosphoric acid groups is 1. The first-order valence-electron chi connectivity index (χ1n) is 39.1. The Morgan fingerprint density at radius 1 is 0.341 bits per heavy atom. The fourth-order valence-electron chi connectivity index (χ4n) is 11.5. The second-order valence-corrected chi connectivity index (χ2v) is 27.7. The van der Waals surface area contributed by atoms with E-state index in [0.29, 0.717) is 6.42 Å². The van der Waals surface area contributed by atoms with Gasteiger partial charge in [0.1, 0.15) is 6.61 Å². The van der Waals surface area contributed by atoms with Crippen LogP contribution in [-0.4, -0.2) is 49.3 Å². The van der Waals surface area contributed by atoms with E-state index in [2.05, 4.69) is 98.9 Å². The first-order chi connectivity index (χ1) is 44.8.